The summed E-state index contributed by atoms with van der Waals surface area (Å²) < 4.78 is 0. The number of hydrogen-bond donors (Lipinski definition) is 1. The third-order valence-corrected chi connectivity index (χ3v) is 4.44. The average molecular weight is 308 g/mol. The van der Waals surface area contributed by atoms with Crippen molar-refractivity contribution < 1.29 is 4.79 Å². The largest absolute Gasteiger partial charge is 0.378 e. The van der Waals surface area contributed by atoms with E-state index < -0.39 is 0 Å². The molecule has 0 bridgehead atoms. The minimum atomic E-state index is 0.199. The van der Waals surface area contributed by atoms with Crippen molar-refractivity contribution in [3.05, 3.63) is 60.2 Å². The normalized spacial score (nSPS) is 20.0. The van der Waals surface area contributed by atoms with Gasteiger partial charge in [-0.15, -0.1) is 0 Å². The lowest BCUT2D eigenvalue weighted by Gasteiger charge is -2.40. The van der Waals surface area contributed by atoms with Crippen LogP contribution in [0.1, 0.15) is 44.7 Å². The number of hydrogen-bond acceptors (Lipinski definition) is 2. The Bertz CT molecular complexity index is 668. The van der Waals surface area contributed by atoms with E-state index in [0.717, 1.165) is 24.2 Å². The number of para-hydroxylation sites is 2. The summed E-state index contributed by atoms with van der Waals surface area (Å²) in [6.07, 6.45) is 2.41. The number of nitrogens with zero attached hydrogens (tertiary/aromatic N) is 1. The Morgan fingerprint density at radius 2 is 1.83 bits per heavy atom. The monoisotopic (exact) mass is 308 g/mol. The van der Waals surface area contributed by atoms with Gasteiger partial charge in [0.25, 0.3) is 0 Å². The Morgan fingerprint density at radius 3 is 2.57 bits per heavy atom. The van der Waals surface area contributed by atoms with Gasteiger partial charge >= 0.3 is 0 Å². The van der Waals surface area contributed by atoms with E-state index in [9.17, 15) is 4.79 Å². The molecule has 3 heteroatoms. The molecule has 1 heterocycles. The number of carbonyl (C=O) groups excluding carboxylic acids is 1. The molecule has 23 heavy (non-hydrogen) atoms. The maximum absolute atomic E-state index is 12.5. The Morgan fingerprint density at radius 1 is 1.13 bits per heavy atom. The predicted molar refractivity (Wildman–Crippen MR) is 95.7 cm³/mol. The number of anilines is 2. The van der Waals surface area contributed by atoms with Gasteiger partial charge < -0.3 is 10.2 Å². The Hall–Kier alpha value is -2.29. The molecule has 1 aliphatic rings. The molecule has 0 unspecified atom stereocenters. The van der Waals surface area contributed by atoms with Crippen LogP contribution in [0, 0.1) is 0 Å². The number of carbonyl (C=O) groups is 1. The summed E-state index contributed by atoms with van der Waals surface area (Å²) in [4.78, 5) is 14.5. The molecule has 0 aromatic heterocycles. The Kier molecular flexibility index (Phi) is 4.65. The number of fused-ring (bicyclic) bond motifs is 1. The summed E-state index contributed by atoms with van der Waals surface area (Å²) in [6, 6.07) is 19.0. The van der Waals surface area contributed by atoms with Crippen LogP contribution in [-0.2, 0) is 4.79 Å². The first-order chi connectivity index (χ1) is 11.2. The standard InChI is InChI=1S/C20H24N2O/c1-3-9-20(23)22-15(2)14-18(17-12-7-8-13-19(17)22)21-16-10-5-4-6-11-16/h4-8,10-13,15,18,21H,3,9,14H2,1-2H3/t15-,18+/m0/s1. The molecule has 0 aliphatic carbocycles. The molecule has 2 atom stereocenters. The first-order valence-electron chi connectivity index (χ1n) is 8.43. The van der Waals surface area contributed by atoms with Gasteiger partial charge in [0.1, 0.15) is 0 Å². The van der Waals surface area contributed by atoms with Crippen LogP contribution in [0.25, 0.3) is 0 Å². The molecule has 3 nitrogen and oxygen atoms in total. The number of amides is 1. The smallest absolute Gasteiger partial charge is 0.227 e. The molecular weight excluding hydrogens is 284 g/mol. The van der Waals surface area contributed by atoms with Crippen molar-refractivity contribution in [1.29, 1.82) is 0 Å². The zero-order valence-electron chi connectivity index (χ0n) is 13.8. The minimum absolute atomic E-state index is 0.199. The van der Waals surface area contributed by atoms with Gasteiger partial charge in [-0.3, -0.25) is 4.79 Å². The molecule has 0 spiro atoms. The van der Waals surface area contributed by atoms with Crippen LogP contribution in [0.5, 0.6) is 0 Å². The first-order valence-corrected chi connectivity index (χ1v) is 8.43. The summed E-state index contributed by atoms with van der Waals surface area (Å²) in [5.74, 6) is 0.227. The second kappa shape index (κ2) is 6.86. The number of rotatable bonds is 4. The van der Waals surface area contributed by atoms with E-state index in [-0.39, 0.29) is 18.0 Å². The molecule has 0 saturated heterocycles. The molecule has 0 radical (unpaired) electrons. The zero-order chi connectivity index (χ0) is 16.2. The summed E-state index contributed by atoms with van der Waals surface area (Å²) in [6.45, 7) is 4.20. The molecule has 2 aromatic rings. The Labute approximate surface area is 138 Å². The lowest BCUT2D eigenvalue weighted by atomic mass is 9.91. The van der Waals surface area contributed by atoms with Crippen LogP contribution in [-0.4, -0.2) is 11.9 Å². The van der Waals surface area contributed by atoms with E-state index in [1.807, 2.05) is 29.2 Å². The molecule has 0 fully saturated rings. The molecule has 1 aliphatic heterocycles. The summed E-state index contributed by atoms with van der Waals surface area (Å²) in [5, 5.41) is 3.62. The molecule has 2 aromatic carbocycles. The van der Waals surface area contributed by atoms with Crippen molar-refractivity contribution in [1.82, 2.24) is 0 Å². The van der Waals surface area contributed by atoms with Crippen molar-refractivity contribution in [2.75, 3.05) is 10.2 Å². The van der Waals surface area contributed by atoms with Crippen molar-refractivity contribution in [2.45, 2.75) is 45.2 Å². The molecule has 120 valence electrons. The summed E-state index contributed by atoms with van der Waals surface area (Å²) >= 11 is 0. The highest BCUT2D eigenvalue weighted by molar-refractivity contribution is 5.95. The van der Waals surface area contributed by atoms with E-state index in [4.69, 9.17) is 0 Å². The van der Waals surface area contributed by atoms with E-state index in [1.54, 1.807) is 0 Å². The van der Waals surface area contributed by atoms with Crippen molar-refractivity contribution >= 4 is 17.3 Å². The van der Waals surface area contributed by atoms with Gasteiger partial charge in [0.05, 0.1) is 6.04 Å². The van der Waals surface area contributed by atoms with Gasteiger partial charge in [0, 0.05) is 23.8 Å². The first kappa shape index (κ1) is 15.6. The number of nitrogens with one attached hydrogen (secondary N) is 1. The quantitative estimate of drug-likeness (QED) is 0.882. The highest BCUT2D eigenvalue weighted by Crippen LogP contribution is 2.39. The van der Waals surface area contributed by atoms with E-state index in [1.165, 1.54) is 5.56 Å². The predicted octanol–water partition coefficient (Wildman–Crippen LogP) is 4.77. The van der Waals surface area contributed by atoms with Crippen LogP contribution in [0.3, 0.4) is 0 Å². The summed E-state index contributed by atoms with van der Waals surface area (Å²) in [5.41, 5.74) is 3.38. The molecular formula is C20H24N2O. The molecule has 1 N–H and O–H groups in total. The second-order valence-corrected chi connectivity index (χ2v) is 6.22. The lowest BCUT2D eigenvalue weighted by Crippen LogP contribution is -2.44. The average Bonchev–Trinajstić information content (AvgIpc) is 2.56. The van der Waals surface area contributed by atoms with E-state index in [2.05, 4.69) is 49.5 Å². The van der Waals surface area contributed by atoms with Crippen molar-refractivity contribution in [3.8, 4) is 0 Å². The van der Waals surface area contributed by atoms with E-state index in [0.29, 0.717) is 6.42 Å². The van der Waals surface area contributed by atoms with Gasteiger partial charge in [-0.05, 0) is 43.5 Å². The number of benzene rings is 2. The zero-order valence-corrected chi connectivity index (χ0v) is 13.8. The highest BCUT2D eigenvalue weighted by atomic mass is 16.2. The third-order valence-electron chi connectivity index (χ3n) is 4.44. The van der Waals surface area contributed by atoms with Gasteiger partial charge in [-0.25, -0.2) is 0 Å². The van der Waals surface area contributed by atoms with Gasteiger partial charge in [-0.2, -0.15) is 0 Å². The topological polar surface area (TPSA) is 32.3 Å². The van der Waals surface area contributed by atoms with Gasteiger partial charge in [0.15, 0.2) is 0 Å². The fourth-order valence-electron chi connectivity index (χ4n) is 3.40. The minimum Gasteiger partial charge on any atom is -0.378 e. The highest BCUT2D eigenvalue weighted by Gasteiger charge is 2.32. The van der Waals surface area contributed by atoms with Crippen molar-refractivity contribution in [3.63, 3.8) is 0 Å². The third kappa shape index (κ3) is 3.24. The van der Waals surface area contributed by atoms with Crippen molar-refractivity contribution in [2.24, 2.45) is 0 Å². The fourth-order valence-corrected chi connectivity index (χ4v) is 3.40. The van der Waals surface area contributed by atoms with Gasteiger partial charge in [-0.1, -0.05) is 43.3 Å². The molecule has 0 saturated carbocycles. The van der Waals surface area contributed by atoms with Gasteiger partial charge in [0.2, 0.25) is 5.91 Å². The maximum Gasteiger partial charge on any atom is 0.227 e. The second-order valence-electron chi connectivity index (χ2n) is 6.22. The van der Waals surface area contributed by atoms with Crippen LogP contribution in [0.4, 0.5) is 11.4 Å². The SMILES string of the molecule is CCCC(=O)N1c2ccccc2[C@H](Nc2ccccc2)C[C@@H]1C. The van der Waals surface area contributed by atoms with Crippen LogP contribution < -0.4 is 10.2 Å². The van der Waals surface area contributed by atoms with Crippen LogP contribution in [0.15, 0.2) is 54.6 Å². The maximum atomic E-state index is 12.5. The summed E-state index contributed by atoms with van der Waals surface area (Å²) in [7, 11) is 0. The van der Waals surface area contributed by atoms with Crippen LogP contribution >= 0.6 is 0 Å². The lowest BCUT2D eigenvalue weighted by molar-refractivity contribution is -0.119. The Balaban J connectivity index is 1.92. The van der Waals surface area contributed by atoms with Crippen LogP contribution in [0.2, 0.25) is 0 Å². The fraction of sp³-hybridized carbons (Fsp3) is 0.350. The van der Waals surface area contributed by atoms with E-state index >= 15 is 0 Å². The molecule has 3 rings (SSSR count). The molecule has 1 amide bonds.